The standard InChI is InChI=1S/C13H20N2O4/c1-13(2,3)14-11(8-16)12(17)9-4-6-10(7-5-9)15(18)19/h4-7,11-12,14,16-17H,8H2,1-3H3/t11-,12?/m1/s1. The third-order valence-corrected chi connectivity index (χ3v) is 2.64. The van der Waals surface area contributed by atoms with Gasteiger partial charge in [0.1, 0.15) is 0 Å². The molecule has 0 aliphatic carbocycles. The first-order chi connectivity index (χ1) is 8.74. The molecule has 0 aromatic heterocycles. The summed E-state index contributed by atoms with van der Waals surface area (Å²) in [4.78, 5) is 10.1. The van der Waals surface area contributed by atoms with Crippen LogP contribution in [0.5, 0.6) is 0 Å². The van der Waals surface area contributed by atoms with Gasteiger partial charge in [-0.1, -0.05) is 0 Å². The maximum atomic E-state index is 10.6. The van der Waals surface area contributed by atoms with E-state index in [1.165, 1.54) is 24.3 Å². The molecule has 1 aromatic carbocycles. The Labute approximate surface area is 112 Å². The highest BCUT2D eigenvalue weighted by Crippen LogP contribution is 2.21. The van der Waals surface area contributed by atoms with E-state index >= 15 is 0 Å². The second kappa shape index (κ2) is 6.10. The van der Waals surface area contributed by atoms with E-state index in [2.05, 4.69) is 5.32 Å². The van der Waals surface area contributed by atoms with Crippen LogP contribution in [-0.2, 0) is 0 Å². The fraction of sp³-hybridized carbons (Fsp3) is 0.538. The fourth-order valence-electron chi connectivity index (χ4n) is 1.81. The summed E-state index contributed by atoms with van der Waals surface area (Å²) in [5, 5.41) is 33.2. The molecule has 0 fully saturated rings. The summed E-state index contributed by atoms with van der Waals surface area (Å²) < 4.78 is 0. The van der Waals surface area contributed by atoms with Gasteiger partial charge in [0.15, 0.2) is 0 Å². The number of rotatable bonds is 5. The van der Waals surface area contributed by atoms with Gasteiger partial charge in [0.25, 0.3) is 5.69 Å². The minimum atomic E-state index is -0.926. The van der Waals surface area contributed by atoms with Gasteiger partial charge in [-0.05, 0) is 38.5 Å². The number of nitrogens with one attached hydrogen (secondary N) is 1. The minimum absolute atomic E-state index is 0.0275. The van der Waals surface area contributed by atoms with Crippen molar-refractivity contribution in [1.29, 1.82) is 0 Å². The monoisotopic (exact) mass is 268 g/mol. The number of hydrogen-bond donors (Lipinski definition) is 3. The Kier molecular flexibility index (Phi) is 4.99. The van der Waals surface area contributed by atoms with Gasteiger partial charge in [-0.3, -0.25) is 10.1 Å². The number of nitrogens with zero attached hydrogens (tertiary/aromatic N) is 1. The molecular weight excluding hydrogens is 248 g/mol. The molecule has 0 radical (unpaired) electrons. The van der Waals surface area contributed by atoms with Gasteiger partial charge in [-0.15, -0.1) is 0 Å². The Balaban J connectivity index is 2.85. The van der Waals surface area contributed by atoms with Crippen LogP contribution < -0.4 is 5.32 Å². The van der Waals surface area contributed by atoms with Gasteiger partial charge in [0.2, 0.25) is 0 Å². The van der Waals surface area contributed by atoms with Crippen LogP contribution in [0, 0.1) is 10.1 Å². The molecule has 2 atom stereocenters. The number of nitro benzene ring substituents is 1. The van der Waals surface area contributed by atoms with Gasteiger partial charge in [-0.25, -0.2) is 0 Å². The third-order valence-electron chi connectivity index (χ3n) is 2.64. The van der Waals surface area contributed by atoms with Gasteiger partial charge in [0.05, 0.1) is 23.7 Å². The van der Waals surface area contributed by atoms with Crippen LogP contribution in [0.3, 0.4) is 0 Å². The first-order valence-corrected chi connectivity index (χ1v) is 6.05. The van der Waals surface area contributed by atoms with Crippen molar-refractivity contribution in [3.63, 3.8) is 0 Å². The molecule has 6 heteroatoms. The first-order valence-electron chi connectivity index (χ1n) is 6.05. The van der Waals surface area contributed by atoms with Crippen LogP contribution in [0.25, 0.3) is 0 Å². The van der Waals surface area contributed by atoms with Gasteiger partial charge >= 0.3 is 0 Å². The van der Waals surface area contributed by atoms with Crippen molar-refractivity contribution in [2.45, 2.75) is 38.5 Å². The molecule has 1 rings (SSSR count). The molecule has 3 N–H and O–H groups in total. The van der Waals surface area contributed by atoms with E-state index in [0.717, 1.165) is 0 Å². The highest BCUT2D eigenvalue weighted by atomic mass is 16.6. The van der Waals surface area contributed by atoms with E-state index in [1.54, 1.807) is 0 Å². The van der Waals surface area contributed by atoms with Gasteiger partial charge in [-0.2, -0.15) is 0 Å². The highest BCUT2D eigenvalue weighted by Gasteiger charge is 2.24. The minimum Gasteiger partial charge on any atom is -0.395 e. The Bertz CT molecular complexity index is 425. The lowest BCUT2D eigenvalue weighted by molar-refractivity contribution is -0.384. The molecule has 0 aliphatic rings. The molecule has 0 aliphatic heterocycles. The Morgan fingerprint density at radius 1 is 1.32 bits per heavy atom. The highest BCUT2D eigenvalue weighted by molar-refractivity contribution is 5.34. The molecule has 0 saturated carbocycles. The number of nitro groups is 1. The molecule has 0 heterocycles. The van der Waals surface area contributed by atoms with E-state index in [9.17, 15) is 20.3 Å². The molecule has 19 heavy (non-hydrogen) atoms. The van der Waals surface area contributed by atoms with Crippen molar-refractivity contribution in [1.82, 2.24) is 5.32 Å². The topological polar surface area (TPSA) is 95.6 Å². The summed E-state index contributed by atoms with van der Waals surface area (Å²) >= 11 is 0. The average Bonchev–Trinajstić information content (AvgIpc) is 2.34. The van der Waals surface area contributed by atoms with Crippen LogP contribution >= 0.6 is 0 Å². The summed E-state index contributed by atoms with van der Waals surface area (Å²) in [6.45, 7) is 5.56. The average molecular weight is 268 g/mol. The number of hydrogen-bond acceptors (Lipinski definition) is 5. The number of aliphatic hydroxyl groups is 2. The second-order valence-corrected chi connectivity index (χ2v) is 5.48. The normalized spacial score (nSPS) is 15.0. The summed E-state index contributed by atoms with van der Waals surface area (Å²) in [5.74, 6) is 0. The summed E-state index contributed by atoms with van der Waals surface area (Å²) in [6, 6.07) is 5.14. The van der Waals surface area contributed by atoms with Gasteiger partial charge < -0.3 is 15.5 Å². The molecule has 1 unspecified atom stereocenters. The van der Waals surface area contributed by atoms with Crippen molar-refractivity contribution in [2.24, 2.45) is 0 Å². The van der Waals surface area contributed by atoms with Crippen LogP contribution in [0.2, 0.25) is 0 Å². The Morgan fingerprint density at radius 3 is 2.21 bits per heavy atom. The van der Waals surface area contributed by atoms with Crippen molar-refractivity contribution in [3.8, 4) is 0 Å². The SMILES string of the molecule is CC(C)(C)N[C@H](CO)C(O)c1ccc([N+](=O)[O-])cc1. The van der Waals surface area contributed by atoms with Crippen molar-refractivity contribution in [2.75, 3.05) is 6.61 Å². The van der Waals surface area contributed by atoms with Crippen LogP contribution in [0.1, 0.15) is 32.4 Å². The molecular formula is C13H20N2O4. The van der Waals surface area contributed by atoms with Crippen molar-refractivity contribution in [3.05, 3.63) is 39.9 Å². The van der Waals surface area contributed by atoms with Gasteiger partial charge in [0, 0.05) is 17.7 Å². The number of non-ortho nitro benzene ring substituents is 1. The Morgan fingerprint density at radius 2 is 1.84 bits per heavy atom. The van der Waals surface area contributed by atoms with E-state index in [-0.39, 0.29) is 17.8 Å². The van der Waals surface area contributed by atoms with E-state index in [1.807, 2.05) is 20.8 Å². The number of aliphatic hydroxyl groups excluding tert-OH is 2. The van der Waals surface area contributed by atoms with Crippen LogP contribution in [0.4, 0.5) is 5.69 Å². The second-order valence-electron chi connectivity index (χ2n) is 5.48. The predicted octanol–water partition coefficient (Wildman–Crippen LogP) is 1.38. The quantitative estimate of drug-likeness (QED) is 0.554. The molecule has 106 valence electrons. The van der Waals surface area contributed by atoms with Crippen molar-refractivity contribution < 1.29 is 15.1 Å². The zero-order valence-electron chi connectivity index (χ0n) is 11.3. The Hall–Kier alpha value is -1.50. The molecule has 0 saturated heterocycles. The molecule has 1 aromatic rings. The van der Waals surface area contributed by atoms with Crippen LogP contribution in [0.15, 0.2) is 24.3 Å². The smallest absolute Gasteiger partial charge is 0.269 e. The fourth-order valence-corrected chi connectivity index (χ4v) is 1.81. The van der Waals surface area contributed by atoms with Crippen molar-refractivity contribution >= 4 is 5.69 Å². The first kappa shape index (κ1) is 15.6. The summed E-state index contributed by atoms with van der Waals surface area (Å²) in [5.41, 5.74) is 0.247. The zero-order valence-corrected chi connectivity index (χ0v) is 11.3. The van der Waals surface area contributed by atoms with Crippen LogP contribution in [-0.4, -0.2) is 33.3 Å². The largest absolute Gasteiger partial charge is 0.395 e. The molecule has 0 bridgehead atoms. The third kappa shape index (κ3) is 4.59. The summed E-state index contributed by atoms with van der Waals surface area (Å²) in [7, 11) is 0. The lowest BCUT2D eigenvalue weighted by Crippen LogP contribution is -2.48. The van der Waals surface area contributed by atoms with E-state index < -0.39 is 17.1 Å². The zero-order chi connectivity index (χ0) is 14.6. The summed E-state index contributed by atoms with van der Waals surface area (Å²) in [6.07, 6.45) is -0.926. The maximum absolute atomic E-state index is 10.6. The lowest BCUT2D eigenvalue weighted by Gasteiger charge is -2.30. The lowest BCUT2D eigenvalue weighted by atomic mass is 9.99. The van der Waals surface area contributed by atoms with E-state index in [4.69, 9.17) is 0 Å². The molecule has 6 nitrogen and oxygen atoms in total. The molecule has 0 spiro atoms. The maximum Gasteiger partial charge on any atom is 0.269 e. The number of benzene rings is 1. The van der Waals surface area contributed by atoms with E-state index in [0.29, 0.717) is 5.56 Å². The molecule has 0 amide bonds. The predicted molar refractivity (Wildman–Crippen MR) is 71.8 cm³/mol.